The number of nitrogens with one attached hydrogen (secondary N) is 3. The molecule has 176 valence electrons. The Balaban J connectivity index is 1.22. The molecule has 0 aromatic heterocycles. The highest BCUT2D eigenvalue weighted by Gasteiger charge is 2.16. The van der Waals surface area contributed by atoms with Crippen molar-refractivity contribution < 1.29 is 14.3 Å². The van der Waals surface area contributed by atoms with Gasteiger partial charge in [-0.25, -0.2) is 0 Å². The minimum atomic E-state index is -0.171. The number of hydrogen-bond acceptors (Lipinski definition) is 4. The first-order chi connectivity index (χ1) is 16.7. The zero-order valence-corrected chi connectivity index (χ0v) is 19.3. The molecule has 0 saturated heterocycles. The highest BCUT2D eigenvalue weighted by atomic mass is 16.5. The van der Waals surface area contributed by atoms with Gasteiger partial charge in [-0.15, -0.1) is 0 Å². The smallest absolute Gasteiger partial charge is 0.251 e. The fourth-order valence-corrected chi connectivity index (χ4v) is 4.04. The fourth-order valence-electron chi connectivity index (χ4n) is 4.04. The number of anilines is 2. The van der Waals surface area contributed by atoms with Crippen molar-refractivity contribution in [3.8, 4) is 5.75 Å². The highest BCUT2D eigenvalue weighted by molar-refractivity contribution is 5.96. The zero-order chi connectivity index (χ0) is 23.6. The molecular formula is C28H31N3O3. The lowest BCUT2D eigenvalue weighted by atomic mass is 9.95. The monoisotopic (exact) mass is 457 g/mol. The quantitative estimate of drug-likeness (QED) is 0.403. The van der Waals surface area contributed by atoms with Crippen molar-refractivity contribution >= 4 is 23.2 Å². The second kappa shape index (κ2) is 11.9. The van der Waals surface area contributed by atoms with Crippen molar-refractivity contribution in [1.82, 2.24) is 5.32 Å². The van der Waals surface area contributed by atoms with Gasteiger partial charge in [0, 0.05) is 29.0 Å². The van der Waals surface area contributed by atoms with Crippen molar-refractivity contribution in [3.05, 3.63) is 90.0 Å². The maximum atomic E-state index is 12.4. The number of benzene rings is 3. The molecule has 0 atom stereocenters. The van der Waals surface area contributed by atoms with Crippen LogP contribution in [-0.2, 0) is 11.4 Å². The predicted octanol–water partition coefficient (Wildman–Crippen LogP) is 5.38. The van der Waals surface area contributed by atoms with Crippen LogP contribution in [0.15, 0.2) is 78.9 Å². The van der Waals surface area contributed by atoms with E-state index in [0.717, 1.165) is 29.8 Å². The van der Waals surface area contributed by atoms with Gasteiger partial charge in [-0.3, -0.25) is 9.59 Å². The predicted molar refractivity (Wildman–Crippen MR) is 135 cm³/mol. The van der Waals surface area contributed by atoms with Crippen LogP contribution in [0.3, 0.4) is 0 Å². The summed E-state index contributed by atoms with van der Waals surface area (Å²) in [4.78, 5) is 24.8. The van der Waals surface area contributed by atoms with E-state index in [-0.39, 0.29) is 24.4 Å². The minimum Gasteiger partial charge on any atom is -0.489 e. The summed E-state index contributed by atoms with van der Waals surface area (Å²) in [6.07, 6.45) is 5.71. The van der Waals surface area contributed by atoms with Crippen LogP contribution in [-0.4, -0.2) is 24.4 Å². The molecule has 0 bridgehead atoms. The molecule has 2 amide bonds. The van der Waals surface area contributed by atoms with E-state index in [1.54, 1.807) is 24.3 Å². The summed E-state index contributed by atoms with van der Waals surface area (Å²) in [6.45, 7) is 0.603. The molecule has 34 heavy (non-hydrogen) atoms. The van der Waals surface area contributed by atoms with Gasteiger partial charge in [-0.1, -0.05) is 55.7 Å². The van der Waals surface area contributed by atoms with Crippen LogP contribution >= 0.6 is 0 Å². The number of rotatable bonds is 9. The van der Waals surface area contributed by atoms with E-state index in [1.807, 2.05) is 54.6 Å². The number of carbonyl (C=O) groups is 2. The standard InChI is InChI=1S/C28H31N3O3/c32-27(19-29-25-12-7-13-26(18-25)34-20-21-8-3-1-4-9-21)30-24-16-14-22(15-17-24)28(33)31-23-10-5-2-6-11-23/h1,3-4,7-9,12-18,23,29H,2,5-6,10-11,19-20H2,(H,30,32)(H,31,33). The Hall–Kier alpha value is -3.80. The number of ether oxygens (including phenoxy) is 1. The maximum Gasteiger partial charge on any atom is 0.251 e. The van der Waals surface area contributed by atoms with Crippen LogP contribution < -0.4 is 20.7 Å². The molecule has 1 aliphatic rings. The first-order valence-electron chi connectivity index (χ1n) is 11.9. The number of amides is 2. The van der Waals surface area contributed by atoms with Gasteiger partial charge < -0.3 is 20.7 Å². The lowest BCUT2D eigenvalue weighted by Gasteiger charge is -2.22. The Morgan fingerprint density at radius 3 is 2.35 bits per heavy atom. The van der Waals surface area contributed by atoms with Crippen LogP contribution in [0, 0.1) is 0 Å². The molecule has 1 aliphatic carbocycles. The maximum absolute atomic E-state index is 12.4. The molecule has 4 rings (SSSR count). The number of carbonyl (C=O) groups excluding carboxylic acids is 2. The summed E-state index contributed by atoms with van der Waals surface area (Å²) in [5.41, 5.74) is 3.16. The Kier molecular flexibility index (Phi) is 8.17. The molecule has 1 saturated carbocycles. The number of hydrogen-bond donors (Lipinski definition) is 3. The Bertz CT molecular complexity index is 1080. The van der Waals surface area contributed by atoms with Gasteiger partial charge >= 0.3 is 0 Å². The van der Waals surface area contributed by atoms with E-state index >= 15 is 0 Å². The largest absolute Gasteiger partial charge is 0.489 e. The molecule has 0 aliphatic heterocycles. The molecule has 3 aromatic carbocycles. The second-order valence-electron chi connectivity index (χ2n) is 8.59. The van der Waals surface area contributed by atoms with Gasteiger partial charge in [0.15, 0.2) is 0 Å². The van der Waals surface area contributed by atoms with Crippen molar-refractivity contribution in [1.29, 1.82) is 0 Å². The molecule has 1 fully saturated rings. The normalized spacial score (nSPS) is 13.6. The van der Waals surface area contributed by atoms with Crippen molar-refractivity contribution in [2.75, 3.05) is 17.2 Å². The van der Waals surface area contributed by atoms with Gasteiger partial charge in [0.25, 0.3) is 5.91 Å². The lowest BCUT2D eigenvalue weighted by Crippen LogP contribution is -2.36. The van der Waals surface area contributed by atoms with Crippen LogP contribution in [0.4, 0.5) is 11.4 Å². The average molecular weight is 458 g/mol. The summed E-state index contributed by atoms with van der Waals surface area (Å²) < 4.78 is 5.84. The van der Waals surface area contributed by atoms with Crippen molar-refractivity contribution in [2.24, 2.45) is 0 Å². The SMILES string of the molecule is O=C(CNc1cccc(OCc2ccccc2)c1)Nc1ccc(C(=O)NC2CCCCC2)cc1. The summed E-state index contributed by atoms with van der Waals surface area (Å²) in [5.74, 6) is 0.507. The Morgan fingerprint density at radius 1 is 0.824 bits per heavy atom. The van der Waals surface area contributed by atoms with Gasteiger partial charge in [0.1, 0.15) is 12.4 Å². The van der Waals surface area contributed by atoms with Gasteiger partial charge in [-0.2, -0.15) is 0 Å². The lowest BCUT2D eigenvalue weighted by molar-refractivity contribution is -0.114. The van der Waals surface area contributed by atoms with Crippen LogP contribution in [0.1, 0.15) is 48.0 Å². The molecule has 0 spiro atoms. The fraction of sp³-hybridized carbons (Fsp3) is 0.286. The van der Waals surface area contributed by atoms with Gasteiger partial charge in [0.2, 0.25) is 5.91 Å². The molecular weight excluding hydrogens is 426 g/mol. The molecule has 3 N–H and O–H groups in total. The topological polar surface area (TPSA) is 79.5 Å². The van der Waals surface area contributed by atoms with E-state index in [1.165, 1.54) is 19.3 Å². The summed E-state index contributed by atoms with van der Waals surface area (Å²) in [5, 5.41) is 9.09. The highest BCUT2D eigenvalue weighted by Crippen LogP contribution is 2.20. The zero-order valence-electron chi connectivity index (χ0n) is 19.3. The van der Waals surface area contributed by atoms with E-state index in [9.17, 15) is 9.59 Å². The van der Waals surface area contributed by atoms with Crippen molar-refractivity contribution in [2.45, 2.75) is 44.8 Å². The molecule has 0 heterocycles. The van der Waals surface area contributed by atoms with Gasteiger partial charge in [-0.05, 0) is 54.8 Å². The van der Waals surface area contributed by atoms with Gasteiger partial charge in [0.05, 0.1) is 6.54 Å². The summed E-state index contributed by atoms with van der Waals surface area (Å²) in [7, 11) is 0. The van der Waals surface area contributed by atoms with Crippen LogP contribution in [0.25, 0.3) is 0 Å². The van der Waals surface area contributed by atoms with Crippen molar-refractivity contribution in [3.63, 3.8) is 0 Å². The van der Waals surface area contributed by atoms with Crippen LogP contribution in [0.5, 0.6) is 5.75 Å². The third-order valence-electron chi connectivity index (χ3n) is 5.91. The molecule has 0 radical (unpaired) electrons. The summed E-state index contributed by atoms with van der Waals surface area (Å²) in [6, 6.07) is 24.8. The third kappa shape index (κ3) is 7.10. The summed E-state index contributed by atoms with van der Waals surface area (Å²) >= 11 is 0. The molecule has 6 nitrogen and oxygen atoms in total. The Labute approximate surface area is 200 Å². The first kappa shape index (κ1) is 23.4. The molecule has 0 unspecified atom stereocenters. The van der Waals surface area contributed by atoms with E-state index in [4.69, 9.17) is 4.74 Å². The second-order valence-corrected chi connectivity index (χ2v) is 8.59. The van der Waals surface area contributed by atoms with Crippen LogP contribution in [0.2, 0.25) is 0 Å². The third-order valence-corrected chi connectivity index (χ3v) is 5.91. The van der Waals surface area contributed by atoms with E-state index in [0.29, 0.717) is 17.9 Å². The molecule has 6 heteroatoms. The minimum absolute atomic E-state index is 0.0548. The van der Waals surface area contributed by atoms with E-state index in [2.05, 4.69) is 16.0 Å². The Morgan fingerprint density at radius 2 is 1.59 bits per heavy atom. The average Bonchev–Trinajstić information content (AvgIpc) is 2.88. The molecule has 3 aromatic rings. The first-order valence-corrected chi connectivity index (χ1v) is 11.9. The van der Waals surface area contributed by atoms with E-state index < -0.39 is 0 Å².